The van der Waals surface area contributed by atoms with Crippen molar-refractivity contribution in [2.45, 2.75) is 32.7 Å². The molecule has 0 bridgehead atoms. The maximum Gasteiger partial charge on any atom is 0.0724 e. The molecule has 80 valence electrons. The Bertz CT molecular complexity index is 267. The van der Waals surface area contributed by atoms with Crippen LogP contribution in [-0.2, 0) is 13.5 Å². The predicted molar refractivity (Wildman–Crippen MR) is 57.0 cm³/mol. The van der Waals surface area contributed by atoms with E-state index >= 15 is 0 Å². The number of aryl methyl sites for hydroxylation is 2. The Morgan fingerprint density at radius 2 is 2.21 bits per heavy atom. The van der Waals surface area contributed by atoms with Gasteiger partial charge in [0.2, 0.25) is 0 Å². The summed E-state index contributed by atoms with van der Waals surface area (Å²) in [6.45, 7) is 4.48. The maximum absolute atomic E-state index is 3.91. The molecular formula is C10H20N4. The highest BCUT2D eigenvalue weighted by atomic mass is 15.4. The molecule has 4 heteroatoms. The van der Waals surface area contributed by atoms with E-state index in [1.54, 1.807) is 0 Å². The van der Waals surface area contributed by atoms with Gasteiger partial charge in [0.1, 0.15) is 0 Å². The van der Waals surface area contributed by atoms with E-state index in [0.29, 0.717) is 12.0 Å². The van der Waals surface area contributed by atoms with Gasteiger partial charge >= 0.3 is 0 Å². The predicted octanol–water partition coefficient (Wildman–Crippen LogP) is 0.992. The second-order valence-corrected chi connectivity index (χ2v) is 4.03. The van der Waals surface area contributed by atoms with Crippen LogP contribution in [0, 0.1) is 5.92 Å². The van der Waals surface area contributed by atoms with Crippen LogP contribution in [0.3, 0.4) is 0 Å². The van der Waals surface area contributed by atoms with Crippen LogP contribution < -0.4 is 5.32 Å². The minimum absolute atomic E-state index is 0.574. The van der Waals surface area contributed by atoms with Gasteiger partial charge in [-0.3, -0.25) is 4.68 Å². The zero-order valence-corrected chi connectivity index (χ0v) is 9.49. The Kier molecular flexibility index (Phi) is 4.07. The van der Waals surface area contributed by atoms with Crippen LogP contribution in [-0.4, -0.2) is 28.1 Å². The Hall–Kier alpha value is -0.900. The fourth-order valence-corrected chi connectivity index (χ4v) is 1.65. The quantitative estimate of drug-likeness (QED) is 0.763. The number of nitrogens with zero attached hydrogens (tertiary/aromatic N) is 3. The van der Waals surface area contributed by atoms with Gasteiger partial charge in [0.25, 0.3) is 0 Å². The molecule has 0 saturated heterocycles. The van der Waals surface area contributed by atoms with Gasteiger partial charge < -0.3 is 5.32 Å². The second kappa shape index (κ2) is 5.10. The van der Waals surface area contributed by atoms with Gasteiger partial charge in [-0.05, 0) is 25.8 Å². The summed E-state index contributed by atoms with van der Waals surface area (Å²) in [6.07, 6.45) is 4.01. The lowest BCUT2D eigenvalue weighted by Crippen LogP contribution is -2.31. The van der Waals surface area contributed by atoms with Gasteiger partial charge in [-0.15, -0.1) is 5.10 Å². The first-order chi connectivity index (χ1) is 6.65. The lowest BCUT2D eigenvalue weighted by Gasteiger charge is -2.19. The molecule has 0 radical (unpaired) electrons. The van der Waals surface area contributed by atoms with E-state index in [1.807, 2.05) is 25.0 Å². The molecule has 4 nitrogen and oxygen atoms in total. The number of aromatic nitrogens is 3. The van der Waals surface area contributed by atoms with Crippen molar-refractivity contribution in [3.63, 3.8) is 0 Å². The number of rotatable bonds is 5. The molecule has 14 heavy (non-hydrogen) atoms. The molecule has 0 fully saturated rings. The summed E-state index contributed by atoms with van der Waals surface area (Å²) in [5, 5.41) is 11.1. The number of nitrogens with one attached hydrogen (secondary N) is 1. The van der Waals surface area contributed by atoms with Crippen LogP contribution in [0.2, 0.25) is 0 Å². The van der Waals surface area contributed by atoms with E-state index < -0.39 is 0 Å². The summed E-state index contributed by atoms with van der Waals surface area (Å²) >= 11 is 0. The SMILES string of the molecule is CNC(CCc1cnnn1C)C(C)C. The first-order valence-electron chi connectivity index (χ1n) is 5.16. The van der Waals surface area contributed by atoms with Gasteiger partial charge in [-0.1, -0.05) is 19.1 Å². The van der Waals surface area contributed by atoms with Crippen molar-refractivity contribution < 1.29 is 0 Å². The van der Waals surface area contributed by atoms with Crippen molar-refractivity contribution in [3.05, 3.63) is 11.9 Å². The Morgan fingerprint density at radius 3 is 2.64 bits per heavy atom. The molecule has 0 saturated carbocycles. The van der Waals surface area contributed by atoms with Crippen LogP contribution in [0.15, 0.2) is 6.20 Å². The fourth-order valence-electron chi connectivity index (χ4n) is 1.65. The molecular weight excluding hydrogens is 176 g/mol. The topological polar surface area (TPSA) is 42.7 Å². The van der Waals surface area contributed by atoms with E-state index in [4.69, 9.17) is 0 Å². The molecule has 1 atom stereocenters. The molecule has 1 rings (SSSR count). The van der Waals surface area contributed by atoms with Crippen molar-refractivity contribution >= 4 is 0 Å². The van der Waals surface area contributed by atoms with E-state index in [2.05, 4.69) is 29.5 Å². The van der Waals surface area contributed by atoms with E-state index in [-0.39, 0.29) is 0 Å². The molecule has 1 aromatic rings. The van der Waals surface area contributed by atoms with Gasteiger partial charge in [0.15, 0.2) is 0 Å². The molecule has 0 amide bonds. The first-order valence-corrected chi connectivity index (χ1v) is 5.16. The van der Waals surface area contributed by atoms with Gasteiger partial charge in [0.05, 0.1) is 11.9 Å². The van der Waals surface area contributed by atoms with Crippen molar-refractivity contribution in [3.8, 4) is 0 Å². The zero-order valence-electron chi connectivity index (χ0n) is 9.49. The summed E-state index contributed by atoms with van der Waals surface area (Å²) in [7, 11) is 3.96. The minimum atomic E-state index is 0.574. The largest absolute Gasteiger partial charge is 0.317 e. The molecule has 0 aliphatic rings. The zero-order chi connectivity index (χ0) is 10.6. The summed E-state index contributed by atoms with van der Waals surface area (Å²) < 4.78 is 1.84. The molecule has 1 aromatic heterocycles. The number of hydrogen-bond donors (Lipinski definition) is 1. The van der Waals surface area contributed by atoms with Gasteiger partial charge in [-0.25, -0.2) is 0 Å². The number of hydrogen-bond acceptors (Lipinski definition) is 3. The van der Waals surface area contributed by atoms with E-state index in [0.717, 1.165) is 12.8 Å². The van der Waals surface area contributed by atoms with Crippen LogP contribution >= 0.6 is 0 Å². The molecule has 1 N–H and O–H groups in total. The Morgan fingerprint density at radius 1 is 1.50 bits per heavy atom. The normalized spacial score (nSPS) is 13.5. The van der Waals surface area contributed by atoms with E-state index in [9.17, 15) is 0 Å². The first kappa shape index (κ1) is 11.2. The Labute approximate surface area is 85.7 Å². The van der Waals surface area contributed by atoms with Crippen molar-refractivity contribution in [2.75, 3.05) is 7.05 Å². The third-order valence-corrected chi connectivity index (χ3v) is 2.70. The highest BCUT2D eigenvalue weighted by Gasteiger charge is 2.11. The van der Waals surface area contributed by atoms with Crippen molar-refractivity contribution in [1.29, 1.82) is 0 Å². The molecule has 1 heterocycles. The summed E-state index contributed by atoms with van der Waals surface area (Å²) in [5.41, 5.74) is 1.20. The van der Waals surface area contributed by atoms with Crippen molar-refractivity contribution in [2.24, 2.45) is 13.0 Å². The summed E-state index contributed by atoms with van der Waals surface area (Å²) in [5.74, 6) is 0.668. The summed E-state index contributed by atoms with van der Waals surface area (Å²) in [4.78, 5) is 0. The highest BCUT2D eigenvalue weighted by Crippen LogP contribution is 2.09. The van der Waals surface area contributed by atoms with Gasteiger partial charge in [-0.2, -0.15) is 0 Å². The lowest BCUT2D eigenvalue weighted by atomic mass is 9.99. The lowest BCUT2D eigenvalue weighted by molar-refractivity contribution is 0.399. The van der Waals surface area contributed by atoms with Crippen LogP contribution in [0.5, 0.6) is 0 Å². The van der Waals surface area contributed by atoms with E-state index in [1.165, 1.54) is 5.69 Å². The highest BCUT2D eigenvalue weighted by molar-refractivity contribution is 4.94. The van der Waals surface area contributed by atoms with Crippen LogP contribution in [0.4, 0.5) is 0 Å². The molecule has 0 aromatic carbocycles. The third-order valence-electron chi connectivity index (χ3n) is 2.70. The third kappa shape index (κ3) is 2.80. The van der Waals surface area contributed by atoms with Crippen molar-refractivity contribution in [1.82, 2.24) is 20.3 Å². The molecule has 0 spiro atoms. The fraction of sp³-hybridized carbons (Fsp3) is 0.800. The standard InChI is InChI=1S/C10H20N4/c1-8(2)10(11-3)6-5-9-7-12-13-14(9)4/h7-8,10-11H,5-6H2,1-4H3. The monoisotopic (exact) mass is 196 g/mol. The maximum atomic E-state index is 3.91. The van der Waals surface area contributed by atoms with Gasteiger partial charge in [0, 0.05) is 13.1 Å². The van der Waals surface area contributed by atoms with Crippen LogP contribution in [0.1, 0.15) is 26.0 Å². The molecule has 1 unspecified atom stereocenters. The molecule has 0 aliphatic heterocycles. The van der Waals surface area contributed by atoms with Crippen LogP contribution in [0.25, 0.3) is 0 Å². The Balaban J connectivity index is 2.43. The molecule has 0 aliphatic carbocycles. The smallest absolute Gasteiger partial charge is 0.0724 e. The summed E-state index contributed by atoms with van der Waals surface area (Å²) in [6, 6.07) is 0.574. The average Bonchev–Trinajstić information content (AvgIpc) is 2.52. The second-order valence-electron chi connectivity index (χ2n) is 4.03. The average molecular weight is 196 g/mol. The minimum Gasteiger partial charge on any atom is -0.317 e.